The lowest BCUT2D eigenvalue weighted by molar-refractivity contribution is 0.0982. The Bertz CT molecular complexity index is 872. The van der Waals surface area contributed by atoms with Gasteiger partial charge in [-0.15, -0.1) is 0 Å². The zero-order valence-electron chi connectivity index (χ0n) is 13.4. The Morgan fingerprint density at radius 3 is 2.58 bits per heavy atom. The predicted molar refractivity (Wildman–Crippen MR) is 90.1 cm³/mol. The maximum Gasteiger partial charge on any atom is 0.280 e. The van der Waals surface area contributed by atoms with E-state index in [0.29, 0.717) is 17.4 Å². The molecule has 4 rings (SSSR count). The minimum atomic E-state index is -0.274. The Labute approximate surface area is 139 Å². The molecule has 1 N–H and O–H groups in total. The summed E-state index contributed by atoms with van der Waals surface area (Å²) in [4.78, 5) is 15.4. The molecule has 2 heterocycles. The second-order valence-electron chi connectivity index (χ2n) is 6.27. The molecule has 1 fully saturated rings. The molecule has 0 amide bonds. The van der Waals surface area contributed by atoms with Gasteiger partial charge in [0.1, 0.15) is 11.4 Å². The summed E-state index contributed by atoms with van der Waals surface area (Å²) in [5.74, 6) is 1.75. The van der Waals surface area contributed by atoms with Crippen LogP contribution in [-0.4, -0.2) is 16.2 Å². The van der Waals surface area contributed by atoms with Crippen molar-refractivity contribution in [2.45, 2.75) is 31.8 Å². The Kier molecular flexibility index (Phi) is 3.69. The summed E-state index contributed by atoms with van der Waals surface area (Å²) < 4.78 is 11.0. The second-order valence-corrected chi connectivity index (χ2v) is 6.27. The first-order chi connectivity index (χ1) is 11.7. The molecule has 3 aromatic rings. The van der Waals surface area contributed by atoms with Crippen molar-refractivity contribution < 1.29 is 9.26 Å². The highest BCUT2D eigenvalue weighted by Gasteiger charge is 2.31. The summed E-state index contributed by atoms with van der Waals surface area (Å²) in [6.07, 6.45) is 3.95. The van der Waals surface area contributed by atoms with Crippen LogP contribution >= 0.6 is 0 Å². The molecule has 24 heavy (non-hydrogen) atoms. The number of benzene rings is 1. The molecule has 1 aromatic carbocycles. The molecule has 5 heteroatoms. The minimum absolute atomic E-state index is 0.231. The van der Waals surface area contributed by atoms with Crippen molar-refractivity contribution in [3.05, 3.63) is 70.1 Å². The van der Waals surface area contributed by atoms with E-state index in [1.807, 2.05) is 6.07 Å². The van der Waals surface area contributed by atoms with Crippen LogP contribution in [0, 0.1) is 6.92 Å². The van der Waals surface area contributed by atoms with E-state index in [4.69, 9.17) is 9.26 Å². The maximum absolute atomic E-state index is 11.1. The topological polar surface area (TPSA) is 68.1 Å². The van der Waals surface area contributed by atoms with Crippen LogP contribution in [-0.2, 0) is 0 Å². The van der Waals surface area contributed by atoms with Gasteiger partial charge >= 0.3 is 0 Å². The van der Waals surface area contributed by atoms with Gasteiger partial charge in [0.15, 0.2) is 5.76 Å². The molecule has 1 aliphatic rings. The number of rotatable bonds is 4. The van der Waals surface area contributed by atoms with Crippen LogP contribution in [0.2, 0.25) is 0 Å². The zero-order chi connectivity index (χ0) is 16.5. The Morgan fingerprint density at radius 2 is 1.96 bits per heavy atom. The smallest absolute Gasteiger partial charge is 0.280 e. The van der Waals surface area contributed by atoms with Gasteiger partial charge in [-0.25, -0.2) is 4.98 Å². The van der Waals surface area contributed by atoms with Crippen LogP contribution in [0.15, 0.2) is 58.0 Å². The Hall–Kier alpha value is -2.82. The lowest BCUT2D eigenvalue weighted by Gasteiger charge is -2.35. The van der Waals surface area contributed by atoms with Crippen molar-refractivity contribution in [2.75, 3.05) is 0 Å². The third-order valence-corrected chi connectivity index (χ3v) is 4.46. The molecule has 0 bridgehead atoms. The lowest BCUT2D eigenvalue weighted by Crippen LogP contribution is -2.32. The first-order valence-corrected chi connectivity index (χ1v) is 8.05. The molecule has 5 nitrogen and oxygen atoms in total. The van der Waals surface area contributed by atoms with Crippen molar-refractivity contribution in [3.63, 3.8) is 0 Å². The van der Waals surface area contributed by atoms with E-state index < -0.39 is 0 Å². The predicted octanol–water partition coefficient (Wildman–Crippen LogP) is 3.66. The average Bonchev–Trinajstić information content (AvgIpc) is 2.99. The van der Waals surface area contributed by atoms with Gasteiger partial charge in [-0.3, -0.25) is 4.79 Å². The fourth-order valence-electron chi connectivity index (χ4n) is 2.97. The van der Waals surface area contributed by atoms with E-state index >= 15 is 0 Å². The quantitative estimate of drug-likeness (QED) is 0.796. The van der Waals surface area contributed by atoms with Crippen molar-refractivity contribution in [1.82, 2.24) is 10.1 Å². The van der Waals surface area contributed by atoms with E-state index in [2.05, 4.69) is 41.3 Å². The molecule has 0 aliphatic heterocycles. The van der Waals surface area contributed by atoms with E-state index in [0.717, 1.165) is 18.6 Å². The number of hydrogen-bond donors (Lipinski definition) is 1. The summed E-state index contributed by atoms with van der Waals surface area (Å²) in [5.41, 5.74) is 3.00. The van der Waals surface area contributed by atoms with Crippen LogP contribution < -0.4 is 10.3 Å². The number of aryl methyl sites for hydroxylation is 1. The lowest BCUT2D eigenvalue weighted by atomic mass is 9.77. The van der Waals surface area contributed by atoms with Crippen LogP contribution in [0.3, 0.4) is 0 Å². The summed E-state index contributed by atoms with van der Waals surface area (Å²) >= 11 is 0. The fourth-order valence-corrected chi connectivity index (χ4v) is 2.97. The molecule has 0 spiro atoms. The molecular formula is C19H18N2O3. The molecule has 0 atom stereocenters. The van der Waals surface area contributed by atoms with E-state index in [1.165, 1.54) is 17.2 Å². The average molecular weight is 322 g/mol. The molecule has 1 aliphatic carbocycles. The third kappa shape index (κ3) is 2.97. The first kappa shape index (κ1) is 14.8. The summed E-state index contributed by atoms with van der Waals surface area (Å²) in [6.45, 7) is 2.10. The number of H-pyrrole nitrogens is 1. The van der Waals surface area contributed by atoms with Crippen molar-refractivity contribution in [1.29, 1.82) is 0 Å². The van der Waals surface area contributed by atoms with Crippen LogP contribution in [0.1, 0.15) is 29.9 Å². The number of ether oxygens (including phenoxy) is 1. The van der Waals surface area contributed by atoms with Crippen molar-refractivity contribution in [2.24, 2.45) is 0 Å². The standard InChI is InChI=1S/C19H18N2O3/c1-12-2-4-13(5-3-12)14-8-16(9-14)23-15-6-7-17(20-11-15)18-10-19(22)21-24-18/h2-7,10-11,14,16H,8-9H2,1H3,(H,21,22). The van der Waals surface area contributed by atoms with Crippen LogP contribution in [0.25, 0.3) is 11.5 Å². The number of aromatic nitrogens is 2. The van der Waals surface area contributed by atoms with E-state index in [-0.39, 0.29) is 11.7 Å². The highest BCUT2D eigenvalue weighted by molar-refractivity contribution is 5.51. The first-order valence-electron chi connectivity index (χ1n) is 8.05. The van der Waals surface area contributed by atoms with Gasteiger partial charge < -0.3 is 9.26 Å². The van der Waals surface area contributed by atoms with Gasteiger partial charge in [-0.2, -0.15) is 5.16 Å². The van der Waals surface area contributed by atoms with Gasteiger partial charge in [0, 0.05) is 0 Å². The van der Waals surface area contributed by atoms with Crippen LogP contribution in [0.4, 0.5) is 0 Å². The highest BCUT2D eigenvalue weighted by Crippen LogP contribution is 2.39. The summed E-state index contributed by atoms with van der Waals surface area (Å²) in [6, 6.07) is 13.7. The largest absolute Gasteiger partial charge is 0.489 e. The molecule has 122 valence electrons. The number of nitrogens with one attached hydrogen (secondary N) is 1. The van der Waals surface area contributed by atoms with Crippen LogP contribution in [0.5, 0.6) is 5.75 Å². The molecular weight excluding hydrogens is 304 g/mol. The van der Waals surface area contributed by atoms with Gasteiger partial charge in [0.25, 0.3) is 5.56 Å². The minimum Gasteiger partial charge on any atom is -0.489 e. The SMILES string of the molecule is Cc1ccc(C2CC(Oc3ccc(-c4cc(=O)[nH]o4)nc3)C2)cc1. The number of nitrogens with zero attached hydrogens (tertiary/aromatic N) is 1. The van der Waals surface area contributed by atoms with E-state index in [1.54, 1.807) is 12.3 Å². The van der Waals surface area contributed by atoms with Crippen molar-refractivity contribution >= 4 is 0 Å². The molecule has 1 saturated carbocycles. The second kappa shape index (κ2) is 6.00. The Balaban J connectivity index is 1.35. The normalized spacial score (nSPS) is 19.7. The summed E-state index contributed by atoms with van der Waals surface area (Å²) in [5, 5.41) is 2.25. The maximum atomic E-state index is 11.1. The zero-order valence-corrected chi connectivity index (χ0v) is 13.4. The molecule has 0 saturated heterocycles. The molecule has 0 unspecified atom stereocenters. The van der Waals surface area contributed by atoms with Gasteiger partial charge in [-0.1, -0.05) is 29.8 Å². The number of pyridine rings is 1. The fraction of sp³-hybridized carbons (Fsp3) is 0.263. The van der Waals surface area contributed by atoms with Gasteiger partial charge in [0.05, 0.1) is 18.4 Å². The van der Waals surface area contributed by atoms with Crippen molar-refractivity contribution in [3.8, 4) is 17.2 Å². The highest BCUT2D eigenvalue weighted by atomic mass is 16.5. The summed E-state index contributed by atoms with van der Waals surface area (Å²) in [7, 11) is 0. The Morgan fingerprint density at radius 1 is 1.17 bits per heavy atom. The van der Waals surface area contributed by atoms with Gasteiger partial charge in [0.2, 0.25) is 0 Å². The third-order valence-electron chi connectivity index (χ3n) is 4.46. The molecule has 2 aromatic heterocycles. The van der Waals surface area contributed by atoms with Gasteiger partial charge in [-0.05, 0) is 43.4 Å². The monoisotopic (exact) mass is 322 g/mol. The van der Waals surface area contributed by atoms with E-state index in [9.17, 15) is 4.79 Å². The number of aromatic amines is 1. The number of hydrogen-bond acceptors (Lipinski definition) is 4. The molecule has 0 radical (unpaired) electrons.